The first-order valence-electron chi connectivity index (χ1n) is 6.36. The monoisotopic (exact) mass is 365 g/mol. The zero-order valence-electron chi connectivity index (χ0n) is 12.2. The summed E-state index contributed by atoms with van der Waals surface area (Å²) in [5.74, 6) is -0.387. The van der Waals surface area contributed by atoms with Crippen LogP contribution in [0.2, 0.25) is 0 Å². The van der Waals surface area contributed by atoms with E-state index < -0.39 is 21.6 Å². The molecule has 2 atom stereocenters. The highest BCUT2D eigenvalue weighted by Crippen LogP contribution is 2.31. The molecule has 1 unspecified atom stereocenters. The van der Waals surface area contributed by atoms with Crippen molar-refractivity contribution in [3.05, 3.63) is 34.1 Å². The van der Waals surface area contributed by atoms with Crippen LogP contribution in [0.3, 0.4) is 0 Å². The van der Waals surface area contributed by atoms with Crippen molar-refractivity contribution in [2.24, 2.45) is 0 Å². The van der Waals surface area contributed by atoms with Gasteiger partial charge < -0.3 is 9.66 Å². The summed E-state index contributed by atoms with van der Waals surface area (Å²) in [4.78, 5) is 0. The SMILES string of the molecule is CC(CCO)(N[S@+]([O-])C(C)(C)C)c1cc(Br)ccc1F. The van der Waals surface area contributed by atoms with Crippen molar-refractivity contribution in [1.29, 1.82) is 0 Å². The lowest BCUT2D eigenvalue weighted by Gasteiger charge is -2.35. The van der Waals surface area contributed by atoms with Crippen LogP contribution >= 0.6 is 15.9 Å². The molecule has 3 nitrogen and oxygen atoms in total. The molecule has 0 aliphatic rings. The third-order valence-corrected chi connectivity index (χ3v) is 5.25. The van der Waals surface area contributed by atoms with E-state index >= 15 is 0 Å². The van der Waals surface area contributed by atoms with Crippen molar-refractivity contribution in [1.82, 2.24) is 4.72 Å². The highest BCUT2D eigenvalue weighted by molar-refractivity contribution is 9.10. The van der Waals surface area contributed by atoms with E-state index in [9.17, 15) is 14.0 Å². The molecule has 0 saturated carbocycles. The van der Waals surface area contributed by atoms with Gasteiger partial charge in [-0.3, -0.25) is 0 Å². The number of hydrogen-bond donors (Lipinski definition) is 2. The molecule has 0 heterocycles. The molecule has 20 heavy (non-hydrogen) atoms. The number of hydrogen-bond acceptors (Lipinski definition) is 3. The van der Waals surface area contributed by atoms with Crippen molar-refractivity contribution in [3.8, 4) is 0 Å². The normalized spacial score (nSPS) is 16.8. The van der Waals surface area contributed by atoms with Crippen LogP contribution in [0, 0.1) is 5.82 Å². The van der Waals surface area contributed by atoms with Crippen molar-refractivity contribution in [3.63, 3.8) is 0 Å². The topological polar surface area (TPSA) is 55.3 Å². The van der Waals surface area contributed by atoms with Crippen LogP contribution in [0.25, 0.3) is 0 Å². The zero-order chi connectivity index (χ0) is 15.6. The van der Waals surface area contributed by atoms with Gasteiger partial charge in [-0.25, -0.2) is 4.39 Å². The summed E-state index contributed by atoms with van der Waals surface area (Å²) >= 11 is 1.95. The number of benzene rings is 1. The molecular formula is C14H21BrFNO2S. The Hall–Kier alpha value is -0.140. The Labute approximate surface area is 131 Å². The number of aliphatic hydroxyl groups excluding tert-OH is 1. The third-order valence-electron chi connectivity index (χ3n) is 3.01. The summed E-state index contributed by atoms with van der Waals surface area (Å²) in [6.07, 6.45) is 0.266. The number of nitrogens with one attached hydrogen (secondary N) is 1. The molecule has 0 aliphatic carbocycles. The second-order valence-corrected chi connectivity index (χ2v) is 8.80. The van der Waals surface area contributed by atoms with E-state index in [0.717, 1.165) is 4.47 Å². The molecule has 1 aromatic carbocycles. The second kappa shape index (κ2) is 6.75. The van der Waals surface area contributed by atoms with Crippen LogP contribution in [-0.2, 0) is 16.9 Å². The average molecular weight is 366 g/mol. The Balaban J connectivity index is 3.17. The molecule has 0 fully saturated rings. The Morgan fingerprint density at radius 3 is 2.45 bits per heavy atom. The summed E-state index contributed by atoms with van der Waals surface area (Å²) in [7, 11) is 0. The molecule has 0 amide bonds. The summed E-state index contributed by atoms with van der Waals surface area (Å²) in [5, 5.41) is 9.27. The smallest absolute Gasteiger partial charge is 0.136 e. The summed E-state index contributed by atoms with van der Waals surface area (Å²) in [6, 6.07) is 4.62. The summed E-state index contributed by atoms with van der Waals surface area (Å²) in [6.45, 7) is 7.14. The predicted molar refractivity (Wildman–Crippen MR) is 84.2 cm³/mol. The Morgan fingerprint density at radius 2 is 1.95 bits per heavy atom. The molecule has 0 aliphatic heterocycles. The molecular weight excluding hydrogens is 345 g/mol. The lowest BCUT2D eigenvalue weighted by atomic mass is 9.90. The van der Waals surface area contributed by atoms with Crippen LogP contribution < -0.4 is 4.72 Å². The lowest BCUT2D eigenvalue weighted by molar-refractivity contribution is 0.234. The van der Waals surface area contributed by atoms with E-state index in [1.165, 1.54) is 6.07 Å². The predicted octanol–water partition coefficient (Wildman–Crippen LogP) is 3.24. The van der Waals surface area contributed by atoms with Gasteiger partial charge in [0.05, 0.1) is 5.54 Å². The summed E-state index contributed by atoms with van der Waals surface area (Å²) < 4.78 is 29.6. The Bertz CT molecular complexity index is 467. The van der Waals surface area contributed by atoms with E-state index in [4.69, 9.17) is 0 Å². The fraction of sp³-hybridized carbons (Fsp3) is 0.571. The molecule has 1 rings (SSSR count). The van der Waals surface area contributed by atoms with E-state index in [-0.39, 0.29) is 18.8 Å². The minimum Gasteiger partial charge on any atom is -0.598 e. The zero-order valence-corrected chi connectivity index (χ0v) is 14.6. The van der Waals surface area contributed by atoms with Crippen molar-refractivity contribution < 1.29 is 14.0 Å². The molecule has 2 N–H and O–H groups in total. The van der Waals surface area contributed by atoms with Crippen molar-refractivity contribution in [2.75, 3.05) is 6.61 Å². The molecule has 6 heteroatoms. The van der Waals surface area contributed by atoms with Crippen LogP contribution in [-0.4, -0.2) is 21.0 Å². The second-order valence-electron chi connectivity index (χ2n) is 5.91. The van der Waals surface area contributed by atoms with Crippen molar-refractivity contribution >= 4 is 27.3 Å². The Morgan fingerprint density at radius 1 is 1.35 bits per heavy atom. The molecule has 0 aromatic heterocycles. The standard InChI is InChI=1S/C14H21BrFNO2S/c1-13(2,3)20(19)17-14(4,7-8-18)11-9-10(15)5-6-12(11)16/h5-6,9,17-18H,7-8H2,1-4H3/t14?,20-/m1/s1. The quantitative estimate of drug-likeness (QED) is 0.787. The fourth-order valence-corrected chi connectivity index (χ4v) is 3.03. The van der Waals surface area contributed by atoms with E-state index in [2.05, 4.69) is 20.7 Å². The fourth-order valence-electron chi connectivity index (χ4n) is 1.74. The van der Waals surface area contributed by atoms with Gasteiger partial charge in [0, 0.05) is 28.0 Å². The van der Waals surface area contributed by atoms with Gasteiger partial charge in [0.15, 0.2) is 0 Å². The molecule has 0 bridgehead atoms. The van der Waals surface area contributed by atoms with E-state index in [1.807, 2.05) is 20.8 Å². The molecule has 0 spiro atoms. The van der Waals surface area contributed by atoms with E-state index in [1.54, 1.807) is 19.1 Å². The lowest BCUT2D eigenvalue weighted by Crippen LogP contribution is -2.50. The molecule has 114 valence electrons. The first-order valence-corrected chi connectivity index (χ1v) is 8.30. The van der Waals surface area contributed by atoms with Gasteiger partial charge >= 0.3 is 0 Å². The van der Waals surface area contributed by atoms with Gasteiger partial charge in [0.25, 0.3) is 0 Å². The minimum absolute atomic E-state index is 0.128. The maximum atomic E-state index is 14.1. The minimum atomic E-state index is -1.37. The van der Waals surface area contributed by atoms with Crippen LogP contribution in [0.5, 0.6) is 0 Å². The van der Waals surface area contributed by atoms with Gasteiger partial charge in [-0.05, 0) is 52.3 Å². The van der Waals surface area contributed by atoms with Gasteiger partial charge in [-0.1, -0.05) is 15.9 Å². The first kappa shape index (κ1) is 17.9. The largest absolute Gasteiger partial charge is 0.598 e. The van der Waals surface area contributed by atoms with Crippen molar-refractivity contribution in [2.45, 2.75) is 44.4 Å². The van der Waals surface area contributed by atoms with E-state index in [0.29, 0.717) is 5.56 Å². The highest BCUT2D eigenvalue weighted by Gasteiger charge is 2.38. The number of rotatable bonds is 5. The van der Waals surface area contributed by atoms with Crippen LogP contribution in [0.15, 0.2) is 22.7 Å². The maximum absolute atomic E-state index is 14.1. The summed E-state index contributed by atoms with van der Waals surface area (Å²) in [5.41, 5.74) is -0.515. The highest BCUT2D eigenvalue weighted by atomic mass is 79.9. The van der Waals surface area contributed by atoms with Gasteiger partial charge in [-0.15, -0.1) is 4.72 Å². The Kier molecular flexibility index (Phi) is 6.04. The van der Waals surface area contributed by atoms with Crippen LogP contribution in [0.1, 0.15) is 39.7 Å². The average Bonchev–Trinajstić information content (AvgIpc) is 2.31. The molecule has 1 aromatic rings. The van der Waals surface area contributed by atoms with Crippen LogP contribution in [0.4, 0.5) is 4.39 Å². The maximum Gasteiger partial charge on any atom is 0.136 e. The van der Waals surface area contributed by atoms with Gasteiger partial charge in [0.1, 0.15) is 10.6 Å². The van der Waals surface area contributed by atoms with Gasteiger partial charge in [0.2, 0.25) is 0 Å². The number of aliphatic hydroxyl groups is 1. The molecule has 0 radical (unpaired) electrons. The third kappa shape index (κ3) is 4.43. The first-order chi connectivity index (χ1) is 9.10. The number of halogens is 2. The van der Waals surface area contributed by atoms with Gasteiger partial charge in [-0.2, -0.15) is 0 Å². The molecule has 0 saturated heterocycles.